The molecule has 0 bridgehead atoms. The second-order valence-electron chi connectivity index (χ2n) is 6.25. The zero-order chi connectivity index (χ0) is 19.3. The first kappa shape index (κ1) is 18.7. The summed E-state index contributed by atoms with van der Waals surface area (Å²) in [6.07, 6.45) is 2.35. The molecule has 1 fully saturated rings. The average molecular weight is 412 g/mol. The van der Waals surface area contributed by atoms with Crippen molar-refractivity contribution in [3.05, 3.63) is 82.1 Å². The highest BCUT2D eigenvalue weighted by Gasteiger charge is 2.24. The molecule has 1 saturated heterocycles. The summed E-state index contributed by atoms with van der Waals surface area (Å²) in [7, 11) is 0. The summed E-state index contributed by atoms with van der Waals surface area (Å²) in [5.41, 5.74) is 2.60. The highest BCUT2D eigenvalue weighted by atomic mass is 32.2. The van der Waals surface area contributed by atoms with E-state index in [0.29, 0.717) is 13.0 Å². The molecule has 0 saturated carbocycles. The summed E-state index contributed by atoms with van der Waals surface area (Å²) < 4.78 is 13.0. The maximum Gasteiger partial charge on any atom is 0.231 e. The van der Waals surface area contributed by atoms with Crippen molar-refractivity contribution in [2.75, 3.05) is 17.6 Å². The monoisotopic (exact) mass is 411 g/mol. The zero-order valence-electron chi connectivity index (χ0n) is 15.0. The highest BCUT2D eigenvalue weighted by molar-refractivity contribution is 8.03. The van der Waals surface area contributed by atoms with Crippen LogP contribution < -0.4 is 5.32 Å². The largest absolute Gasteiger partial charge is 0.332 e. The molecule has 2 heterocycles. The van der Waals surface area contributed by atoms with Gasteiger partial charge in [-0.3, -0.25) is 4.79 Å². The Morgan fingerprint density at radius 1 is 1.18 bits per heavy atom. The Bertz CT molecular complexity index is 986. The predicted molar refractivity (Wildman–Crippen MR) is 114 cm³/mol. The minimum absolute atomic E-state index is 0.0994. The molecule has 28 heavy (non-hydrogen) atoms. The van der Waals surface area contributed by atoms with Crippen LogP contribution in [-0.2, 0) is 11.2 Å². The first-order valence-electron chi connectivity index (χ1n) is 8.84. The minimum Gasteiger partial charge on any atom is -0.332 e. The molecule has 7 heteroatoms. The lowest BCUT2D eigenvalue weighted by molar-refractivity contribution is -0.127. The number of carbonyl (C=O) groups excluding carboxylic acids is 1. The van der Waals surface area contributed by atoms with Gasteiger partial charge >= 0.3 is 0 Å². The lowest BCUT2D eigenvalue weighted by Crippen LogP contribution is -2.28. The molecule has 1 N–H and O–H groups in total. The summed E-state index contributed by atoms with van der Waals surface area (Å²) in [6.45, 7) is 0.715. The van der Waals surface area contributed by atoms with Crippen molar-refractivity contribution in [1.29, 1.82) is 0 Å². The third-order valence-electron chi connectivity index (χ3n) is 4.22. The van der Waals surface area contributed by atoms with Crippen molar-refractivity contribution in [2.45, 2.75) is 6.42 Å². The normalized spacial score (nSPS) is 15.2. The molecule has 0 aliphatic carbocycles. The molecule has 2 aromatic carbocycles. The highest BCUT2D eigenvalue weighted by Crippen LogP contribution is 2.31. The van der Waals surface area contributed by atoms with Crippen LogP contribution in [0.2, 0.25) is 0 Å². The number of carbonyl (C=O) groups is 1. The van der Waals surface area contributed by atoms with E-state index in [1.165, 1.54) is 23.5 Å². The Labute approximate surface area is 171 Å². The van der Waals surface area contributed by atoms with E-state index in [4.69, 9.17) is 0 Å². The van der Waals surface area contributed by atoms with Crippen LogP contribution in [0.25, 0.3) is 6.08 Å². The van der Waals surface area contributed by atoms with Crippen LogP contribution in [0, 0.1) is 5.82 Å². The number of rotatable bonds is 5. The lowest BCUT2D eigenvalue weighted by Gasteiger charge is -2.16. The van der Waals surface area contributed by atoms with E-state index in [2.05, 4.69) is 10.3 Å². The molecular formula is C21H18FN3OS2. The van der Waals surface area contributed by atoms with Crippen molar-refractivity contribution in [2.24, 2.45) is 0 Å². The zero-order valence-corrected chi connectivity index (χ0v) is 16.6. The average Bonchev–Trinajstić information content (AvgIpc) is 3.34. The smallest absolute Gasteiger partial charge is 0.231 e. The Kier molecular flexibility index (Phi) is 5.73. The standard InChI is InChI=1S/C21H18FN3OS2/c22-16-6-8-17(9-7-16)23-21-24-18(14-28-21)13-20-25(10-11-27-20)19(26)12-15-4-2-1-3-5-15/h1-9,13-14H,10-12H2,(H,23,24)/b20-13+. The molecule has 1 aromatic heterocycles. The van der Waals surface area contributed by atoms with E-state index >= 15 is 0 Å². The number of nitrogens with zero attached hydrogens (tertiary/aromatic N) is 2. The molecule has 1 amide bonds. The number of aromatic nitrogens is 1. The third-order valence-corrected chi connectivity index (χ3v) is 6.02. The summed E-state index contributed by atoms with van der Waals surface area (Å²) >= 11 is 3.14. The van der Waals surface area contributed by atoms with Gasteiger partial charge in [0.15, 0.2) is 5.13 Å². The van der Waals surface area contributed by atoms with Crippen LogP contribution in [0.3, 0.4) is 0 Å². The summed E-state index contributed by atoms with van der Waals surface area (Å²) in [5.74, 6) is 0.716. The van der Waals surface area contributed by atoms with E-state index < -0.39 is 0 Å². The summed E-state index contributed by atoms with van der Waals surface area (Å²) in [4.78, 5) is 19.1. The van der Waals surface area contributed by atoms with Gasteiger partial charge in [-0.05, 0) is 35.9 Å². The van der Waals surface area contributed by atoms with Crippen LogP contribution >= 0.6 is 23.1 Å². The van der Waals surface area contributed by atoms with Crippen molar-refractivity contribution < 1.29 is 9.18 Å². The number of nitrogens with one attached hydrogen (secondary N) is 1. The van der Waals surface area contributed by atoms with Gasteiger partial charge < -0.3 is 10.2 Å². The van der Waals surface area contributed by atoms with Crippen molar-refractivity contribution in [3.63, 3.8) is 0 Å². The van der Waals surface area contributed by atoms with Gasteiger partial charge in [0.2, 0.25) is 5.91 Å². The van der Waals surface area contributed by atoms with E-state index in [0.717, 1.165) is 32.9 Å². The van der Waals surface area contributed by atoms with Gasteiger partial charge in [-0.25, -0.2) is 9.37 Å². The Morgan fingerprint density at radius 2 is 1.96 bits per heavy atom. The van der Waals surface area contributed by atoms with Gasteiger partial charge in [0.1, 0.15) is 5.82 Å². The number of thioether (sulfide) groups is 1. The minimum atomic E-state index is -0.270. The number of hydrogen-bond acceptors (Lipinski definition) is 5. The Morgan fingerprint density at radius 3 is 2.75 bits per heavy atom. The number of amides is 1. The molecule has 0 spiro atoms. The van der Waals surface area contributed by atoms with Gasteiger partial charge in [-0.1, -0.05) is 30.3 Å². The van der Waals surface area contributed by atoms with Gasteiger partial charge in [-0.2, -0.15) is 0 Å². The topological polar surface area (TPSA) is 45.2 Å². The van der Waals surface area contributed by atoms with Crippen molar-refractivity contribution >= 4 is 45.9 Å². The number of anilines is 2. The molecule has 3 aromatic rings. The molecule has 142 valence electrons. The summed E-state index contributed by atoms with van der Waals surface area (Å²) in [6, 6.07) is 15.9. The number of thiazole rings is 1. The molecule has 0 atom stereocenters. The van der Waals surface area contributed by atoms with E-state index in [9.17, 15) is 9.18 Å². The first-order valence-corrected chi connectivity index (χ1v) is 10.7. The van der Waals surface area contributed by atoms with Gasteiger partial charge in [0, 0.05) is 23.4 Å². The first-order chi connectivity index (χ1) is 13.7. The van der Waals surface area contributed by atoms with Crippen LogP contribution in [-0.4, -0.2) is 28.1 Å². The fourth-order valence-corrected chi connectivity index (χ4v) is 4.58. The maximum atomic E-state index is 13.0. The summed E-state index contributed by atoms with van der Waals surface area (Å²) in [5, 5.41) is 6.76. The molecule has 0 unspecified atom stereocenters. The molecule has 4 nitrogen and oxygen atoms in total. The fourth-order valence-electron chi connectivity index (χ4n) is 2.86. The maximum absolute atomic E-state index is 13.0. The molecule has 0 radical (unpaired) electrons. The molecule has 4 rings (SSSR count). The lowest BCUT2D eigenvalue weighted by atomic mass is 10.1. The second kappa shape index (κ2) is 8.58. The van der Waals surface area contributed by atoms with E-state index in [1.807, 2.05) is 46.7 Å². The Hall–Kier alpha value is -2.64. The quantitative estimate of drug-likeness (QED) is 0.631. The Balaban J connectivity index is 1.44. The van der Waals surface area contributed by atoms with E-state index in [-0.39, 0.29) is 11.7 Å². The molecular weight excluding hydrogens is 393 g/mol. The fraction of sp³-hybridized carbons (Fsp3) is 0.143. The number of benzene rings is 2. The number of hydrogen-bond donors (Lipinski definition) is 1. The van der Waals surface area contributed by atoms with Crippen LogP contribution in [0.1, 0.15) is 11.3 Å². The van der Waals surface area contributed by atoms with Crippen LogP contribution in [0.5, 0.6) is 0 Å². The van der Waals surface area contributed by atoms with Crippen molar-refractivity contribution in [1.82, 2.24) is 9.88 Å². The van der Waals surface area contributed by atoms with Crippen molar-refractivity contribution in [3.8, 4) is 0 Å². The van der Waals surface area contributed by atoms with Gasteiger partial charge in [-0.15, -0.1) is 23.1 Å². The van der Waals surface area contributed by atoms with Crippen LogP contribution in [0.4, 0.5) is 15.2 Å². The molecule has 1 aliphatic heterocycles. The van der Waals surface area contributed by atoms with Gasteiger partial charge in [0.25, 0.3) is 0 Å². The predicted octanol–water partition coefficient (Wildman–Crippen LogP) is 5.14. The van der Waals surface area contributed by atoms with Gasteiger partial charge in [0.05, 0.1) is 17.1 Å². The SMILES string of the molecule is O=C(Cc1ccccc1)N1CCS/C1=C/c1csc(Nc2ccc(F)cc2)n1. The third kappa shape index (κ3) is 4.61. The molecule has 1 aliphatic rings. The number of halogens is 1. The van der Waals surface area contributed by atoms with Crippen LogP contribution in [0.15, 0.2) is 65.0 Å². The van der Waals surface area contributed by atoms with E-state index in [1.54, 1.807) is 23.9 Å². The second-order valence-corrected chi connectivity index (χ2v) is 8.22.